The first kappa shape index (κ1) is 11.9. The highest BCUT2D eigenvalue weighted by atomic mass is 79.9. The molecule has 88 valence electrons. The van der Waals surface area contributed by atoms with Crippen LogP contribution in [0, 0.1) is 11.7 Å². The predicted octanol–water partition coefficient (Wildman–Crippen LogP) is 4.58. The molecule has 1 aromatic rings. The molecular weight excluding hydrogens is 269 g/mol. The number of hydrogen-bond donors (Lipinski definition) is 1. The van der Waals surface area contributed by atoms with Crippen molar-refractivity contribution in [2.75, 3.05) is 5.32 Å². The van der Waals surface area contributed by atoms with Crippen LogP contribution >= 0.6 is 15.9 Å². The van der Waals surface area contributed by atoms with E-state index in [1.807, 2.05) is 0 Å². The number of hydrogen-bond acceptors (Lipinski definition) is 1. The van der Waals surface area contributed by atoms with Gasteiger partial charge in [-0.3, -0.25) is 0 Å². The van der Waals surface area contributed by atoms with Crippen LogP contribution in [0.25, 0.3) is 0 Å². The predicted molar refractivity (Wildman–Crippen MR) is 69.1 cm³/mol. The third-order valence-electron chi connectivity index (χ3n) is 3.24. The molecule has 0 saturated heterocycles. The maximum Gasteiger partial charge on any atom is 0.137 e. The molecule has 1 N–H and O–H groups in total. The minimum atomic E-state index is -0.211. The summed E-state index contributed by atoms with van der Waals surface area (Å²) in [5.41, 5.74) is 0.986. The first-order valence-electron chi connectivity index (χ1n) is 5.87. The van der Waals surface area contributed by atoms with E-state index in [-0.39, 0.29) is 5.82 Å². The van der Waals surface area contributed by atoms with Crippen molar-refractivity contribution in [3.05, 3.63) is 28.5 Å². The fourth-order valence-electron chi connectivity index (χ4n) is 2.16. The molecule has 3 heteroatoms. The van der Waals surface area contributed by atoms with E-state index in [4.69, 9.17) is 0 Å². The van der Waals surface area contributed by atoms with E-state index in [0.29, 0.717) is 10.5 Å². The lowest BCUT2D eigenvalue weighted by Crippen LogP contribution is -2.23. The molecule has 0 aromatic heterocycles. The molecule has 0 radical (unpaired) electrons. The Morgan fingerprint density at radius 3 is 2.81 bits per heavy atom. The lowest BCUT2D eigenvalue weighted by atomic mass is 9.81. The Balaban J connectivity index is 1.89. The Morgan fingerprint density at radius 1 is 1.50 bits per heavy atom. The molecule has 0 aliphatic heterocycles. The summed E-state index contributed by atoms with van der Waals surface area (Å²) in [5, 5.41) is 3.41. The van der Waals surface area contributed by atoms with Crippen LogP contribution in [0.4, 0.5) is 10.1 Å². The van der Waals surface area contributed by atoms with Gasteiger partial charge in [0, 0.05) is 11.7 Å². The first-order valence-corrected chi connectivity index (χ1v) is 6.66. The third kappa shape index (κ3) is 2.97. The van der Waals surface area contributed by atoms with E-state index in [2.05, 4.69) is 28.2 Å². The SMILES string of the molecule is CC(CC1CCC1)Nc1ccc(F)c(Br)c1. The quantitative estimate of drug-likeness (QED) is 0.854. The van der Waals surface area contributed by atoms with Gasteiger partial charge in [-0.2, -0.15) is 0 Å². The molecule has 0 heterocycles. The molecule has 1 nitrogen and oxygen atoms in total. The van der Waals surface area contributed by atoms with Gasteiger partial charge < -0.3 is 5.32 Å². The Kier molecular flexibility index (Phi) is 3.85. The summed E-state index contributed by atoms with van der Waals surface area (Å²) in [6, 6.07) is 5.54. The molecule has 0 bridgehead atoms. The minimum Gasteiger partial charge on any atom is -0.383 e. The number of rotatable bonds is 4. The summed E-state index contributed by atoms with van der Waals surface area (Å²) in [5.74, 6) is 0.684. The van der Waals surface area contributed by atoms with Crippen molar-refractivity contribution in [3.63, 3.8) is 0 Å². The largest absolute Gasteiger partial charge is 0.383 e. The highest BCUT2D eigenvalue weighted by Gasteiger charge is 2.19. The number of halogens is 2. The van der Waals surface area contributed by atoms with Crippen LogP contribution in [0.15, 0.2) is 22.7 Å². The minimum absolute atomic E-state index is 0.211. The average Bonchev–Trinajstić information content (AvgIpc) is 2.18. The number of anilines is 1. The summed E-state index contributed by atoms with van der Waals surface area (Å²) >= 11 is 3.20. The average molecular weight is 286 g/mol. The molecule has 1 aromatic carbocycles. The maximum absolute atomic E-state index is 13.0. The fraction of sp³-hybridized carbons (Fsp3) is 0.538. The van der Waals surface area contributed by atoms with Crippen molar-refractivity contribution in [2.24, 2.45) is 5.92 Å². The summed E-state index contributed by atoms with van der Waals surface area (Å²) in [6.07, 6.45) is 5.35. The normalized spacial score (nSPS) is 17.9. The second kappa shape index (κ2) is 5.17. The van der Waals surface area contributed by atoms with Crippen LogP contribution in [-0.4, -0.2) is 6.04 Å². The van der Waals surface area contributed by atoms with Gasteiger partial charge in [-0.25, -0.2) is 4.39 Å². The van der Waals surface area contributed by atoms with Crippen molar-refractivity contribution in [1.82, 2.24) is 0 Å². The van der Waals surface area contributed by atoms with Crippen molar-refractivity contribution in [3.8, 4) is 0 Å². The van der Waals surface area contributed by atoms with Gasteiger partial charge in [0.15, 0.2) is 0 Å². The zero-order valence-corrected chi connectivity index (χ0v) is 11.1. The van der Waals surface area contributed by atoms with Gasteiger partial charge in [0.1, 0.15) is 5.82 Å². The smallest absolute Gasteiger partial charge is 0.137 e. The fourth-order valence-corrected chi connectivity index (χ4v) is 2.54. The second-order valence-corrected chi connectivity index (χ2v) is 5.56. The zero-order chi connectivity index (χ0) is 11.5. The van der Waals surface area contributed by atoms with E-state index >= 15 is 0 Å². The summed E-state index contributed by atoms with van der Waals surface area (Å²) in [6.45, 7) is 2.19. The summed E-state index contributed by atoms with van der Waals surface area (Å²) in [7, 11) is 0. The molecule has 1 fully saturated rings. The molecule has 1 unspecified atom stereocenters. The molecule has 16 heavy (non-hydrogen) atoms. The molecule has 0 amide bonds. The van der Waals surface area contributed by atoms with Crippen molar-refractivity contribution in [2.45, 2.75) is 38.6 Å². The van der Waals surface area contributed by atoms with E-state index in [1.165, 1.54) is 31.7 Å². The van der Waals surface area contributed by atoms with Crippen molar-refractivity contribution >= 4 is 21.6 Å². The van der Waals surface area contributed by atoms with E-state index in [0.717, 1.165) is 11.6 Å². The van der Waals surface area contributed by atoms with Crippen LogP contribution < -0.4 is 5.32 Å². The molecular formula is C13H17BrFN. The van der Waals surface area contributed by atoms with Crippen LogP contribution in [0.2, 0.25) is 0 Å². The van der Waals surface area contributed by atoms with Crippen LogP contribution in [0.5, 0.6) is 0 Å². The van der Waals surface area contributed by atoms with Crippen LogP contribution in [-0.2, 0) is 0 Å². The second-order valence-electron chi connectivity index (χ2n) is 4.71. The van der Waals surface area contributed by atoms with Crippen LogP contribution in [0.1, 0.15) is 32.6 Å². The standard InChI is InChI=1S/C13H17BrFN/c1-9(7-10-3-2-4-10)16-11-5-6-13(15)12(14)8-11/h5-6,8-10,16H,2-4,7H2,1H3. The Morgan fingerprint density at radius 2 is 2.25 bits per heavy atom. The molecule has 2 rings (SSSR count). The van der Waals surface area contributed by atoms with Gasteiger partial charge in [0.25, 0.3) is 0 Å². The van der Waals surface area contributed by atoms with Gasteiger partial charge in [0.05, 0.1) is 4.47 Å². The Bertz CT molecular complexity index is 363. The zero-order valence-electron chi connectivity index (χ0n) is 9.47. The third-order valence-corrected chi connectivity index (χ3v) is 3.85. The highest BCUT2D eigenvalue weighted by Crippen LogP contribution is 2.31. The van der Waals surface area contributed by atoms with E-state index in [9.17, 15) is 4.39 Å². The van der Waals surface area contributed by atoms with Gasteiger partial charge >= 0.3 is 0 Å². The van der Waals surface area contributed by atoms with E-state index < -0.39 is 0 Å². The van der Waals surface area contributed by atoms with Gasteiger partial charge in [-0.05, 0) is 53.4 Å². The summed E-state index contributed by atoms with van der Waals surface area (Å²) < 4.78 is 13.6. The summed E-state index contributed by atoms with van der Waals surface area (Å²) in [4.78, 5) is 0. The maximum atomic E-state index is 13.0. The van der Waals surface area contributed by atoms with Crippen molar-refractivity contribution < 1.29 is 4.39 Å². The molecule has 1 saturated carbocycles. The highest BCUT2D eigenvalue weighted by molar-refractivity contribution is 9.10. The topological polar surface area (TPSA) is 12.0 Å². The van der Waals surface area contributed by atoms with Gasteiger partial charge in [-0.1, -0.05) is 19.3 Å². The molecule has 1 aliphatic carbocycles. The van der Waals surface area contributed by atoms with Gasteiger partial charge in [-0.15, -0.1) is 0 Å². The Labute approximate surface area is 105 Å². The Hall–Kier alpha value is -0.570. The molecule has 0 spiro atoms. The monoisotopic (exact) mass is 285 g/mol. The van der Waals surface area contributed by atoms with Gasteiger partial charge in [0.2, 0.25) is 0 Å². The van der Waals surface area contributed by atoms with Crippen molar-refractivity contribution in [1.29, 1.82) is 0 Å². The lowest BCUT2D eigenvalue weighted by molar-refractivity contribution is 0.286. The number of benzene rings is 1. The van der Waals surface area contributed by atoms with Crippen LogP contribution in [0.3, 0.4) is 0 Å². The first-order chi connectivity index (χ1) is 7.65. The van der Waals surface area contributed by atoms with E-state index in [1.54, 1.807) is 12.1 Å². The molecule has 1 aliphatic rings. The molecule has 1 atom stereocenters. The number of nitrogens with one attached hydrogen (secondary N) is 1. The lowest BCUT2D eigenvalue weighted by Gasteiger charge is -2.28.